The lowest BCUT2D eigenvalue weighted by Gasteiger charge is -2.13. The zero-order valence-corrected chi connectivity index (χ0v) is 16.2. The van der Waals surface area contributed by atoms with Gasteiger partial charge in [-0.2, -0.15) is 0 Å². The highest BCUT2D eigenvalue weighted by atomic mass is 16.5. The molecule has 0 unspecified atom stereocenters. The van der Waals surface area contributed by atoms with E-state index in [4.69, 9.17) is 9.47 Å². The first-order valence-corrected chi connectivity index (χ1v) is 9.37. The predicted octanol–water partition coefficient (Wildman–Crippen LogP) is 3.84. The minimum atomic E-state index is -0.214. The normalized spacial score (nSPS) is 9.83. The topological polar surface area (TPSA) is 60.5 Å². The van der Waals surface area contributed by atoms with Crippen molar-refractivity contribution >= 4 is 5.91 Å². The first kappa shape index (κ1) is 20.0. The number of carbonyl (C=O) groups excluding carboxylic acids is 1. The molecule has 5 nitrogen and oxygen atoms in total. The molecule has 0 bridgehead atoms. The van der Waals surface area contributed by atoms with Gasteiger partial charge < -0.3 is 14.8 Å². The molecule has 0 atom stereocenters. The predicted molar refractivity (Wildman–Crippen MR) is 112 cm³/mol. The van der Waals surface area contributed by atoms with E-state index >= 15 is 0 Å². The summed E-state index contributed by atoms with van der Waals surface area (Å²) in [4.78, 5) is 16.4. The van der Waals surface area contributed by atoms with E-state index < -0.39 is 0 Å². The summed E-state index contributed by atoms with van der Waals surface area (Å²) < 4.78 is 11.5. The standard InChI is InChI=1S/C24H22N2O3/c1-2-28-23-17-21(10-11-22(23)29-18-20-12-15-25-16-13-20)24(27)26-14-6-9-19-7-4-3-5-8-19/h3-5,7-8,10-13,15-17H,2,14,18H2,1H3,(H,26,27). The zero-order chi connectivity index (χ0) is 20.3. The third kappa shape index (κ3) is 6.12. The van der Waals surface area contributed by atoms with Crippen molar-refractivity contribution in [2.75, 3.05) is 13.2 Å². The Morgan fingerprint density at radius 3 is 2.55 bits per heavy atom. The highest BCUT2D eigenvalue weighted by Crippen LogP contribution is 2.29. The van der Waals surface area contributed by atoms with Gasteiger partial charge in [0.2, 0.25) is 0 Å². The summed E-state index contributed by atoms with van der Waals surface area (Å²) >= 11 is 0. The molecule has 5 heteroatoms. The van der Waals surface area contributed by atoms with E-state index in [1.807, 2.05) is 49.4 Å². The van der Waals surface area contributed by atoms with Crippen LogP contribution in [0.2, 0.25) is 0 Å². The molecule has 0 spiro atoms. The highest BCUT2D eigenvalue weighted by molar-refractivity contribution is 5.95. The Balaban J connectivity index is 1.62. The summed E-state index contributed by atoms with van der Waals surface area (Å²) in [6.45, 7) is 3.01. The molecular weight excluding hydrogens is 364 g/mol. The van der Waals surface area contributed by atoms with Gasteiger partial charge in [0.05, 0.1) is 13.2 Å². The second-order valence-corrected chi connectivity index (χ2v) is 6.09. The van der Waals surface area contributed by atoms with Crippen LogP contribution >= 0.6 is 0 Å². The fourth-order valence-corrected chi connectivity index (χ4v) is 2.57. The number of rotatable bonds is 7. The largest absolute Gasteiger partial charge is 0.490 e. The fourth-order valence-electron chi connectivity index (χ4n) is 2.57. The number of amides is 1. The van der Waals surface area contributed by atoms with Crippen LogP contribution in [0.15, 0.2) is 73.1 Å². The van der Waals surface area contributed by atoms with Gasteiger partial charge in [-0.05, 0) is 55.0 Å². The lowest BCUT2D eigenvalue weighted by Crippen LogP contribution is -2.23. The SMILES string of the molecule is CCOc1cc(C(=O)NCC#Cc2ccccc2)ccc1OCc1ccncc1. The Hall–Kier alpha value is -3.78. The highest BCUT2D eigenvalue weighted by Gasteiger charge is 2.11. The number of nitrogens with one attached hydrogen (secondary N) is 1. The lowest BCUT2D eigenvalue weighted by atomic mass is 10.2. The molecule has 3 aromatic rings. The molecule has 1 heterocycles. The molecule has 0 fully saturated rings. The molecule has 29 heavy (non-hydrogen) atoms. The number of carbonyl (C=O) groups is 1. The Morgan fingerprint density at radius 2 is 1.79 bits per heavy atom. The average Bonchev–Trinajstić information content (AvgIpc) is 2.77. The van der Waals surface area contributed by atoms with Crippen LogP contribution in [0.5, 0.6) is 11.5 Å². The van der Waals surface area contributed by atoms with Crippen LogP contribution in [0.4, 0.5) is 0 Å². The van der Waals surface area contributed by atoms with Gasteiger partial charge in [-0.15, -0.1) is 0 Å². The van der Waals surface area contributed by atoms with E-state index in [2.05, 4.69) is 22.1 Å². The molecular formula is C24H22N2O3. The van der Waals surface area contributed by atoms with Crippen molar-refractivity contribution < 1.29 is 14.3 Å². The molecule has 0 saturated carbocycles. The molecule has 1 N–H and O–H groups in total. The number of pyridine rings is 1. The van der Waals surface area contributed by atoms with Crippen molar-refractivity contribution in [3.05, 3.63) is 89.7 Å². The monoisotopic (exact) mass is 386 g/mol. The van der Waals surface area contributed by atoms with E-state index in [-0.39, 0.29) is 12.5 Å². The van der Waals surface area contributed by atoms with Gasteiger partial charge >= 0.3 is 0 Å². The van der Waals surface area contributed by atoms with E-state index in [1.165, 1.54) is 0 Å². The number of benzene rings is 2. The summed E-state index contributed by atoms with van der Waals surface area (Å²) in [7, 11) is 0. The van der Waals surface area contributed by atoms with Crippen LogP contribution in [0, 0.1) is 11.8 Å². The number of hydrogen-bond donors (Lipinski definition) is 1. The quantitative estimate of drug-likeness (QED) is 0.627. The van der Waals surface area contributed by atoms with Crippen molar-refractivity contribution in [2.45, 2.75) is 13.5 Å². The van der Waals surface area contributed by atoms with Gasteiger partial charge in [0.15, 0.2) is 11.5 Å². The molecule has 1 amide bonds. The van der Waals surface area contributed by atoms with Crippen molar-refractivity contribution in [1.29, 1.82) is 0 Å². The number of hydrogen-bond acceptors (Lipinski definition) is 4. The molecule has 0 aliphatic rings. The Labute approximate surface area is 170 Å². The van der Waals surface area contributed by atoms with Crippen molar-refractivity contribution in [3.63, 3.8) is 0 Å². The second-order valence-electron chi connectivity index (χ2n) is 6.09. The van der Waals surface area contributed by atoms with Crippen LogP contribution < -0.4 is 14.8 Å². The molecule has 1 aromatic heterocycles. The Morgan fingerprint density at radius 1 is 1.00 bits per heavy atom. The van der Waals surface area contributed by atoms with E-state index in [0.29, 0.717) is 30.3 Å². The van der Waals surface area contributed by atoms with Gasteiger partial charge in [0, 0.05) is 23.5 Å². The van der Waals surface area contributed by atoms with E-state index in [1.54, 1.807) is 30.6 Å². The molecule has 0 aliphatic carbocycles. The minimum Gasteiger partial charge on any atom is -0.490 e. The molecule has 146 valence electrons. The van der Waals surface area contributed by atoms with E-state index in [0.717, 1.165) is 11.1 Å². The summed E-state index contributed by atoms with van der Waals surface area (Å²) in [5.74, 6) is 6.86. The minimum absolute atomic E-state index is 0.214. The summed E-state index contributed by atoms with van der Waals surface area (Å²) in [6.07, 6.45) is 3.44. The summed E-state index contributed by atoms with van der Waals surface area (Å²) in [5, 5.41) is 2.80. The van der Waals surface area contributed by atoms with Crippen molar-refractivity contribution in [1.82, 2.24) is 10.3 Å². The first-order valence-electron chi connectivity index (χ1n) is 9.37. The molecule has 3 rings (SSSR count). The van der Waals surface area contributed by atoms with Gasteiger partial charge in [0.25, 0.3) is 5.91 Å². The third-order valence-electron chi connectivity index (χ3n) is 3.99. The second kappa shape index (κ2) is 10.5. The zero-order valence-electron chi connectivity index (χ0n) is 16.2. The van der Waals surface area contributed by atoms with Crippen molar-refractivity contribution in [3.8, 4) is 23.3 Å². The van der Waals surface area contributed by atoms with Gasteiger partial charge in [-0.25, -0.2) is 0 Å². The maximum atomic E-state index is 12.4. The first-order chi connectivity index (χ1) is 14.3. The number of aromatic nitrogens is 1. The fraction of sp³-hybridized carbons (Fsp3) is 0.167. The number of ether oxygens (including phenoxy) is 2. The van der Waals surface area contributed by atoms with Gasteiger partial charge in [0.1, 0.15) is 6.61 Å². The summed E-state index contributed by atoms with van der Waals surface area (Å²) in [5.41, 5.74) is 2.41. The molecule has 0 saturated heterocycles. The maximum absolute atomic E-state index is 12.4. The Bertz CT molecular complexity index is 993. The van der Waals surface area contributed by atoms with Crippen molar-refractivity contribution in [2.24, 2.45) is 0 Å². The molecule has 0 aliphatic heterocycles. The molecule has 0 radical (unpaired) electrons. The van der Waals surface area contributed by atoms with Crippen LogP contribution in [-0.4, -0.2) is 24.0 Å². The van der Waals surface area contributed by atoms with Gasteiger partial charge in [-0.3, -0.25) is 9.78 Å². The summed E-state index contributed by atoms with van der Waals surface area (Å²) in [6, 6.07) is 18.6. The Kier molecular flexibility index (Phi) is 7.25. The van der Waals surface area contributed by atoms with Crippen LogP contribution in [0.25, 0.3) is 0 Å². The smallest absolute Gasteiger partial charge is 0.252 e. The average molecular weight is 386 g/mol. The van der Waals surface area contributed by atoms with Crippen LogP contribution in [0.1, 0.15) is 28.4 Å². The van der Waals surface area contributed by atoms with E-state index in [9.17, 15) is 4.79 Å². The van der Waals surface area contributed by atoms with Gasteiger partial charge in [-0.1, -0.05) is 30.0 Å². The lowest BCUT2D eigenvalue weighted by molar-refractivity contribution is 0.0958. The van der Waals surface area contributed by atoms with Crippen LogP contribution in [0.3, 0.4) is 0 Å². The molecule has 2 aromatic carbocycles. The third-order valence-corrected chi connectivity index (χ3v) is 3.99. The number of nitrogens with zero attached hydrogens (tertiary/aromatic N) is 1. The van der Waals surface area contributed by atoms with Crippen LogP contribution in [-0.2, 0) is 6.61 Å². The maximum Gasteiger partial charge on any atom is 0.252 e.